The molecule has 1 aliphatic carbocycles. The summed E-state index contributed by atoms with van der Waals surface area (Å²) in [6.45, 7) is 2.74. The van der Waals surface area contributed by atoms with Gasteiger partial charge in [-0.25, -0.2) is 0 Å². The highest BCUT2D eigenvalue weighted by atomic mass is 16.2. The van der Waals surface area contributed by atoms with Crippen LogP contribution in [0.3, 0.4) is 0 Å². The van der Waals surface area contributed by atoms with Gasteiger partial charge < -0.3 is 11.1 Å². The third-order valence-electron chi connectivity index (χ3n) is 4.84. The van der Waals surface area contributed by atoms with Crippen molar-refractivity contribution in [1.82, 2.24) is 14.8 Å². The van der Waals surface area contributed by atoms with E-state index in [1.165, 1.54) is 5.56 Å². The Balaban J connectivity index is 1.56. The van der Waals surface area contributed by atoms with Crippen molar-refractivity contribution in [3.05, 3.63) is 42.4 Å². The fourth-order valence-corrected chi connectivity index (χ4v) is 3.35. The Morgan fingerprint density at radius 2 is 2.17 bits per heavy atom. The maximum absolute atomic E-state index is 12.5. The summed E-state index contributed by atoms with van der Waals surface area (Å²) in [4.78, 5) is 16.5. The minimum Gasteiger partial charge on any atom is -0.325 e. The quantitative estimate of drug-likeness (QED) is 0.883. The molecule has 128 valence electrons. The second-order valence-electron chi connectivity index (χ2n) is 6.86. The van der Waals surface area contributed by atoms with Crippen molar-refractivity contribution in [2.24, 2.45) is 11.7 Å². The maximum atomic E-state index is 12.5. The summed E-state index contributed by atoms with van der Waals surface area (Å²) in [5.41, 5.74) is 7.09. The molecule has 0 spiro atoms. The van der Waals surface area contributed by atoms with E-state index in [0.717, 1.165) is 38.6 Å². The molecule has 2 aromatic rings. The SMILES string of the molecule is CC1(N)CCCCC1C(=O)Nc1ccn(CCc2ccncc2)n1. The molecule has 1 fully saturated rings. The lowest BCUT2D eigenvalue weighted by Gasteiger charge is -2.37. The predicted molar refractivity (Wildman–Crippen MR) is 93.3 cm³/mol. The maximum Gasteiger partial charge on any atom is 0.230 e. The first-order valence-corrected chi connectivity index (χ1v) is 8.57. The number of pyridine rings is 1. The zero-order valence-electron chi connectivity index (χ0n) is 14.1. The molecule has 1 amide bonds. The third kappa shape index (κ3) is 4.00. The van der Waals surface area contributed by atoms with Gasteiger partial charge in [0.1, 0.15) is 0 Å². The molecule has 2 heterocycles. The van der Waals surface area contributed by atoms with Crippen LogP contribution in [-0.4, -0.2) is 26.2 Å². The molecule has 0 radical (unpaired) electrons. The number of nitrogens with two attached hydrogens (primary N) is 1. The van der Waals surface area contributed by atoms with Gasteiger partial charge >= 0.3 is 0 Å². The van der Waals surface area contributed by atoms with Crippen LogP contribution in [0.2, 0.25) is 0 Å². The van der Waals surface area contributed by atoms with Crippen LogP contribution in [-0.2, 0) is 17.8 Å². The second-order valence-corrected chi connectivity index (χ2v) is 6.86. The van der Waals surface area contributed by atoms with E-state index < -0.39 is 5.54 Å². The Bertz CT molecular complexity index is 680. The Kier molecular flexibility index (Phi) is 4.94. The van der Waals surface area contributed by atoms with Crippen LogP contribution in [0, 0.1) is 5.92 Å². The summed E-state index contributed by atoms with van der Waals surface area (Å²) in [6, 6.07) is 5.83. The van der Waals surface area contributed by atoms with Gasteiger partial charge in [-0.15, -0.1) is 0 Å². The number of nitrogens with zero attached hydrogens (tertiary/aromatic N) is 3. The molecule has 24 heavy (non-hydrogen) atoms. The van der Waals surface area contributed by atoms with Crippen molar-refractivity contribution in [3.63, 3.8) is 0 Å². The summed E-state index contributed by atoms with van der Waals surface area (Å²) >= 11 is 0. The molecule has 6 heteroatoms. The van der Waals surface area contributed by atoms with Crippen LogP contribution in [0.25, 0.3) is 0 Å². The number of aryl methyl sites for hydroxylation is 2. The van der Waals surface area contributed by atoms with Gasteiger partial charge in [0.2, 0.25) is 5.91 Å². The number of hydrogen-bond acceptors (Lipinski definition) is 4. The molecule has 2 aromatic heterocycles. The second kappa shape index (κ2) is 7.13. The van der Waals surface area contributed by atoms with E-state index in [4.69, 9.17) is 5.73 Å². The Morgan fingerprint density at radius 3 is 2.92 bits per heavy atom. The number of rotatable bonds is 5. The van der Waals surface area contributed by atoms with Gasteiger partial charge in [-0.2, -0.15) is 5.10 Å². The smallest absolute Gasteiger partial charge is 0.230 e. The van der Waals surface area contributed by atoms with Gasteiger partial charge in [-0.1, -0.05) is 12.8 Å². The van der Waals surface area contributed by atoms with Crippen molar-refractivity contribution in [2.45, 2.75) is 51.1 Å². The van der Waals surface area contributed by atoms with Crippen LogP contribution in [0.5, 0.6) is 0 Å². The first-order chi connectivity index (χ1) is 11.5. The van der Waals surface area contributed by atoms with Gasteiger partial charge in [-0.3, -0.25) is 14.5 Å². The first kappa shape index (κ1) is 16.6. The molecule has 1 saturated carbocycles. The number of nitrogens with one attached hydrogen (secondary N) is 1. The summed E-state index contributed by atoms with van der Waals surface area (Å²) in [7, 11) is 0. The molecule has 3 rings (SSSR count). The van der Waals surface area contributed by atoms with Crippen LogP contribution < -0.4 is 11.1 Å². The van der Waals surface area contributed by atoms with Crippen LogP contribution >= 0.6 is 0 Å². The largest absolute Gasteiger partial charge is 0.325 e. The average molecular weight is 327 g/mol. The minimum absolute atomic E-state index is 0.0147. The van der Waals surface area contributed by atoms with Crippen molar-refractivity contribution in [3.8, 4) is 0 Å². The van der Waals surface area contributed by atoms with Crippen molar-refractivity contribution in [2.75, 3.05) is 5.32 Å². The normalized spacial score (nSPS) is 23.8. The van der Waals surface area contributed by atoms with Gasteiger partial charge in [0.05, 0.1) is 5.92 Å². The number of anilines is 1. The Morgan fingerprint density at radius 1 is 1.38 bits per heavy atom. The molecule has 2 atom stereocenters. The lowest BCUT2D eigenvalue weighted by Crippen LogP contribution is -2.51. The standard InChI is InChI=1S/C18H25N5O/c1-18(19)9-3-2-4-15(18)17(24)21-16-8-13-23(22-16)12-7-14-5-10-20-11-6-14/h5-6,8,10-11,13,15H,2-4,7,9,12,19H2,1H3,(H,21,22,24). The van der Waals surface area contributed by atoms with Gasteiger partial charge in [0.15, 0.2) is 5.82 Å². The third-order valence-corrected chi connectivity index (χ3v) is 4.84. The molecule has 0 bridgehead atoms. The first-order valence-electron chi connectivity index (χ1n) is 8.57. The van der Waals surface area contributed by atoms with E-state index in [2.05, 4.69) is 15.4 Å². The summed E-state index contributed by atoms with van der Waals surface area (Å²) in [5, 5.41) is 7.36. The van der Waals surface area contributed by atoms with E-state index in [9.17, 15) is 4.79 Å². The average Bonchev–Trinajstić information content (AvgIpc) is 3.01. The highest BCUT2D eigenvalue weighted by Crippen LogP contribution is 2.32. The molecule has 6 nitrogen and oxygen atoms in total. The number of carbonyl (C=O) groups excluding carboxylic acids is 1. The van der Waals surface area contributed by atoms with Gasteiger partial charge in [-0.05, 0) is 43.9 Å². The minimum atomic E-state index is -0.424. The lowest BCUT2D eigenvalue weighted by atomic mass is 9.74. The number of hydrogen-bond donors (Lipinski definition) is 2. The van der Waals surface area contributed by atoms with Crippen molar-refractivity contribution in [1.29, 1.82) is 0 Å². The Hall–Kier alpha value is -2.21. The summed E-state index contributed by atoms with van der Waals surface area (Å²) < 4.78 is 1.85. The fraction of sp³-hybridized carbons (Fsp3) is 0.500. The molecule has 2 unspecified atom stereocenters. The van der Waals surface area contributed by atoms with Crippen LogP contribution in [0.1, 0.15) is 38.2 Å². The molecular formula is C18H25N5O. The van der Waals surface area contributed by atoms with E-state index in [-0.39, 0.29) is 11.8 Å². The Labute approximate surface area is 142 Å². The molecule has 0 aliphatic heterocycles. The fourth-order valence-electron chi connectivity index (χ4n) is 3.35. The van der Waals surface area contributed by atoms with Gasteiger partial charge in [0, 0.05) is 36.7 Å². The van der Waals surface area contributed by atoms with E-state index in [1.807, 2.05) is 36.0 Å². The van der Waals surface area contributed by atoms with E-state index in [0.29, 0.717) is 5.82 Å². The highest BCUT2D eigenvalue weighted by Gasteiger charge is 2.37. The molecule has 3 N–H and O–H groups in total. The number of carbonyl (C=O) groups is 1. The van der Waals surface area contributed by atoms with Crippen LogP contribution in [0.4, 0.5) is 5.82 Å². The lowest BCUT2D eigenvalue weighted by molar-refractivity contribution is -0.122. The predicted octanol–water partition coefficient (Wildman–Crippen LogP) is 2.37. The molecule has 0 saturated heterocycles. The number of aromatic nitrogens is 3. The van der Waals surface area contributed by atoms with Gasteiger partial charge in [0.25, 0.3) is 0 Å². The van der Waals surface area contributed by atoms with Crippen molar-refractivity contribution >= 4 is 11.7 Å². The van der Waals surface area contributed by atoms with Crippen LogP contribution in [0.15, 0.2) is 36.8 Å². The number of amides is 1. The molecule has 1 aliphatic rings. The zero-order valence-corrected chi connectivity index (χ0v) is 14.1. The zero-order chi connectivity index (χ0) is 17.0. The molecule has 0 aromatic carbocycles. The summed E-state index contributed by atoms with van der Waals surface area (Å²) in [5.74, 6) is 0.434. The molecular weight excluding hydrogens is 302 g/mol. The van der Waals surface area contributed by atoms with E-state index in [1.54, 1.807) is 12.4 Å². The topological polar surface area (TPSA) is 85.8 Å². The monoisotopic (exact) mass is 327 g/mol. The summed E-state index contributed by atoms with van der Waals surface area (Å²) in [6.07, 6.45) is 10.2. The van der Waals surface area contributed by atoms with Crippen molar-refractivity contribution < 1.29 is 4.79 Å². The highest BCUT2D eigenvalue weighted by molar-refractivity contribution is 5.92. The van der Waals surface area contributed by atoms with E-state index >= 15 is 0 Å².